The molecule has 0 atom stereocenters. The van der Waals surface area contributed by atoms with E-state index in [1.54, 1.807) is 42.6 Å². The van der Waals surface area contributed by atoms with Gasteiger partial charge in [-0.05, 0) is 63.3 Å². The Morgan fingerprint density at radius 3 is 2.42 bits per heavy atom. The molecule has 38 heavy (non-hydrogen) atoms. The molecule has 2 aromatic heterocycles. The summed E-state index contributed by atoms with van der Waals surface area (Å²) in [6.07, 6.45) is 6.73. The van der Waals surface area contributed by atoms with Gasteiger partial charge in [-0.2, -0.15) is 10.1 Å². The minimum atomic E-state index is -3.73. The number of fused-ring (bicyclic) bond motifs is 1. The van der Waals surface area contributed by atoms with Gasteiger partial charge in [-0.25, -0.2) is 18.1 Å². The van der Waals surface area contributed by atoms with E-state index in [0.717, 1.165) is 67.2 Å². The maximum absolute atomic E-state index is 13.0. The smallest absolute Gasteiger partial charge is 0.261 e. The van der Waals surface area contributed by atoms with Crippen molar-refractivity contribution in [3.05, 3.63) is 60.3 Å². The second kappa shape index (κ2) is 11.1. The summed E-state index contributed by atoms with van der Waals surface area (Å²) in [6.45, 7) is 4.89. The second-order valence-electron chi connectivity index (χ2n) is 9.96. The van der Waals surface area contributed by atoms with Crippen LogP contribution < -0.4 is 10.0 Å². The SMILES string of the molecule is CCCCNc1ncc2c(-c3ccc(S(=O)(=O)Nc4ccc(C)cc4)cc3)nn([C@H]3CC[C@@H](O)CC3)c2n1. The van der Waals surface area contributed by atoms with Gasteiger partial charge in [0.05, 0.1) is 22.4 Å². The minimum absolute atomic E-state index is 0.131. The number of unbranched alkanes of at least 4 members (excludes halogenated alkanes) is 1. The predicted molar refractivity (Wildman–Crippen MR) is 150 cm³/mol. The van der Waals surface area contributed by atoms with Crippen molar-refractivity contribution < 1.29 is 13.5 Å². The lowest BCUT2D eigenvalue weighted by atomic mass is 9.93. The van der Waals surface area contributed by atoms with Crippen LogP contribution in [0.5, 0.6) is 0 Å². The van der Waals surface area contributed by atoms with Crippen LogP contribution in [0.3, 0.4) is 0 Å². The van der Waals surface area contributed by atoms with Crippen LogP contribution in [0.1, 0.15) is 57.1 Å². The van der Waals surface area contributed by atoms with Gasteiger partial charge in [-0.15, -0.1) is 0 Å². The molecule has 5 rings (SSSR count). The number of hydrogen-bond donors (Lipinski definition) is 3. The first-order valence-corrected chi connectivity index (χ1v) is 14.7. The zero-order valence-electron chi connectivity index (χ0n) is 21.8. The molecule has 2 aromatic carbocycles. The van der Waals surface area contributed by atoms with E-state index in [4.69, 9.17) is 10.1 Å². The number of hydrogen-bond acceptors (Lipinski definition) is 7. The Morgan fingerprint density at radius 2 is 1.74 bits per heavy atom. The second-order valence-corrected chi connectivity index (χ2v) is 11.6. The number of sulfonamides is 1. The van der Waals surface area contributed by atoms with Crippen molar-refractivity contribution in [1.82, 2.24) is 19.7 Å². The molecule has 1 fully saturated rings. The maximum Gasteiger partial charge on any atom is 0.261 e. The van der Waals surface area contributed by atoms with Crippen LogP contribution in [0, 0.1) is 6.92 Å². The van der Waals surface area contributed by atoms with Crippen molar-refractivity contribution in [2.45, 2.75) is 69.4 Å². The highest BCUT2D eigenvalue weighted by Gasteiger charge is 2.26. The highest BCUT2D eigenvalue weighted by Crippen LogP contribution is 2.35. The van der Waals surface area contributed by atoms with Gasteiger partial charge in [-0.1, -0.05) is 43.2 Å². The Balaban J connectivity index is 1.47. The fourth-order valence-electron chi connectivity index (χ4n) is 4.78. The molecule has 0 unspecified atom stereocenters. The van der Waals surface area contributed by atoms with Crippen LogP contribution in [0.4, 0.5) is 11.6 Å². The lowest BCUT2D eigenvalue weighted by molar-refractivity contribution is 0.109. The van der Waals surface area contributed by atoms with Crippen molar-refractivity contribution in [2.24, 2.45) is 0 Å². The van der Waals surface area contributed by atoms with Crippen molar-refractivity contribution in [2.75, 3.05) is 16.6 Å². The Hall–Kier alpha value is -3.50. The summed E-state index contributed by atoms with van der Waals surface area (Å²) < 4.78 is 30.5. The van der Waals surface area contributed by atoms with E-state index in [2.05, 4.69) is 21.9 Å². The summed E-state index contributed by atoms with van der Waals surface area (Å²) in [5, 5.41) is 19.1. The zero-order chi connectivity index (χ0) is 26.7. The topological polar surface area (TPSA) is 122 Å². The Bertz CT molecular complexity index is 1490. The number of aryl methyl sites for hydroxylation is 1. The van der Waals surface area contributed by atoms with E-state index in [1.807, 2.05) is 23.7 Å². The van der Waals surface area contributed by atoms with E-state index in [9.17, 15) is 13.5 Å². The summed E-state index contributed by atoms with van der Waals surface area (Å²) in [7, 11) is -3.73. The van der Waals surface area contributed by atoms with Gasteiger partial charge in [0.1, 0.15) is 5.69 Å². The number of nitrogens with one attached hydrogen (secondary N) is 2. The van der Waals surface area contributed by atoms with Gasteiger partial charge < -0.3 is 10.4 Å². The summed E-state index contributed by atoms with van der Waals surface area (Å²) >= 11 is 0. The fourth-order valence-corrected chi connectivity index (χ4v) is 5.84. The van der Waals surface area contributed by atoms with Gasteiger partial charge in [0.15, 0.2) is 5.65 Å². The third-order valence-electron chi connectivity index (χ3n) is 7.02. The molecule has 2 heterocycles. The number of aliphatic hydroxyl groups is 1. The molecule has 0 saturated heterocycles. The van der Waals surface area contributed by atoms with Gasteiger partial charge in [0, 0.05) is 24.0 Å². The van der Waals surface area contributed by atoms with Crippen LogP contribution in [-0.4, -0.2) is 45.9 Å². The molecular formula is C28H34N6O3S. The predicted octanol–water partition coefficient (Wildman–Crippen LogP) is 5.29. The van der Waals surface area contributed by atoms with E-state index >= 15 is 0 Å². The highest BCUT2D eigenvalue weighted by atomic mass is 32.2. The number of benzene rings is 2. The molecule has 4 aromatic rings. The van der Waals surface area contributed by atoms with Gasteiger partial charge in [0.25, 0.3) is 10.0 Å². The van der Waals surface area contributed by atoms with Crippen molar-refractivity contribution in [3.8, 4) is 11.3 Å². The number of rotatable bonds is 9. The van der Waals surface area contributed by atoms with E-state index in [0.29, 0.717) is 17.3 Å². The molecule has 1 saturated carbocycles. The third kappa shape index (κ3) is 5.66. The quantitative estimate of drug-likeness (QED) is 0.249. The van der Waals surface area contributed by atoms with Crippen LogP contribution >= 0.6 is 0 Å². The Morgan fingerprint density at radius 1 is 1.03 bits per heavy atom. The zero-order valence-corrected chi connectivity index (χ0v) is 22.6. The van der Waals surface area contributed by atoms with Crippen LogP contribution in [0.2, 0.25) is 0 Å². The molecular weight excluding hydrogens is 500 g/mol. The monoisotopic (exact) mass is 534 g/mol. The number of nitrogens with zero attached hydrogens (tertiary/aromatic N) is 4. The van der Waals surface area contributed by atoms with Crippen molar-refractivity contribution >= 4 is 32.7 Å². The molecule has 0 spiro atoms. The van der Waals surface area contributed by atoms with Gasteiger partial charge in [0.2, 0.25) is 5.95 Å². The summed E-state index contributed by atoms with van der Waals surface area (Å²) in [4.78, 5) is 9.50. The standard InChI is InChI=1S/C28H34N6O3S/c1-3-4-17-29-28-30-18-25-26(32-34(27(25)31-28)22-11-13-23(35)14-12-22)20-7-15-24(16-8-20)38(36,37)33-21-9-5-19(2)6-10-21/h5-10,15-16,18,22-23,33,35H,3-4,11-14,17H2,1-2H3,(H,29,30,31)/t22-,23+. The Labute approximate surface area is 223 Å². The third-order valence-corrected chi connectivity index (χ3v) is 8.41. The molecule has 200 valence electrons. The lowest BCUT2D eigenvalue weighted by Gasteiger charge is -2.25. The maximum atomic E-state index is 13.0. The average molecular weight is 535 g/mol. The van der Waals surface area contributed by atoms with Crippen molar-refractivity contribution in [3.63, 3.8) is 0 Å². The van der Waals surface area contributed by atoms with E-state index < -0.39 is 10.0 Å². The molecule has 0 radical (unpaired) electrons. The molecule has 9 nitrogen and oxygen atoms in total. The van der Waals surface area contributed by atoms with Gasteiger partial charge in [-0.3, -0.25) is 4.72 Å². The van der Waals surface area contributed by atoms with Crippen LogP contribution in [0.25, 0.3) is 22.3 Å². The molecule has 3 N–H and O–H groups in total. The summed E-state index contributed by atoms with van der Waals surface area (Å²) in [5.74, 6) is 0.568. The molecule has 1 aliphatic carbocycles. The first-order valence-electron chi connectivity index (χ1n) is 13.2. The first-order chi connectivity index (χ1) is 18.3. The van der Waals surface area contributed by atoms with Crippen LogP contribution in [-0.2, 0) is 10.0 Å². The minimum Gasteiger partial charge on any atom is -0.393 e. The Kier molecular flexibility index (Phi) is 7.62. The fraction of sp³-hybridized carbons (Fsp3) is 0.393. The van der Waals surface area contributed by atoms with E-state index in [-0.39, 0.29) is 17.0 Å². The molecule has 0 bridgehead atoms. The number of aromatic nitrogens is 4. The summed E-state index contributed by atoms with van der Waals surface area (Å²) in [5.41, 5.74) is 3.81. The van der Waals surface area contributed by atoms with E-state index in [1.165, 1.54) is 0 Å². The molecule has 0 amide bonds. The van der Waals surface area contributed by atoms with Gasteiger partial charge >= 0.3 is 0 Å². The largest absolute Gasteiger partial charge is 0.393 e. The van der Waals surface area contributed by atoms with Crippen LogP contribution in [0.15, 0.2) is 59.6 Å². The normalized spacial score (nSPS) is 18.0. The number of anilines is 2. The van der Waals surface area contributed by atoms with Crippen molar-refractivity contribution in [1.29, 1.82) is 0 Å². The lowest BCUT2D eigenvalue weighted by Crippen LogP contribution is -2.22. The summed E-state index contributed by atoms with van der Waals surface area (Å²) in [6, 6.07) is 14.1. The molecule has 1 aliphatic rings. The first kappa shape index (κ1) is 26.1. The average Bonchev–Trinajstić information content (AvgIpc) is 3.29. The highest BCUT2D eigenvalue weighted by molar-refractivity contribution is 7.92. The molecule has 10 heteroatoms. The molecule has 0 aliphatic heterocycles. The number of aliphatic hydroxyl groups excluding tert-OH is 1.